The van der Waals surface area contributed by atoms with Crippen LogP contribution in [0.1, 0.15) is 21.6 Å². The van der Waals surface area contributed by atoms with Crippen LogP contribution in [0.25, 0.3) is 28.1 Å². The third kappa shape index (κ3) is 3.60. The van der Waals surface area contributed by atoms with E-state index in [1.54, 1.807) is 6.08 Å². The Kier molecular flexibility index (Phi) is 5.05. The summed E-state index contributed by atoms with van der Waals surface area (Å²) in [6, 6.07) is 25.3. The largest absolute Gasteiger partial charge is 0.289 e. The molecular weight excluding hydrogens is 366 g/mol. The number of carbonyl (C=O) groups is 1. The molecule has 3 heteroatoms. The third-order valence-corrected chi connectivity index (χ3v) is 4.93. The van der Waals surface area contributed by atoms with E-state index in [0.717, 1.165) is 27.6 Å². The Labute approximate surface area is 169 Å². The molecule has 2 nitrogen and oxygen atoms in total. The van der Waals surface area contributed by atoms with Crippen molar-refractivity contribution in [3.05, 3.63) is 107 Å². The smallest absolute Gasteiger partial charge is 0.188 e. The van der Waals surface area contributed by atoms with Crippen LogP contribution in [0.3, 0.4) is 0 Å². The molecule has 4 aromatic rings. The Balaban J connectivity index is 1.91. The molecule has 0 radical (unpaired) electrons. The number of nitrogens with zero attached hydrogens (tertiary/aromatic N) is 1. The first kappa shape index (κ1) is 18.1. The van der Waals surface area contributed by atoms with Crippen molar-refractivity contribution in [2.45, 2.75) is 6.92 Å². The minimum atomic E-state index is -0.0652. The quantitative estimate of drug-likeness (QED) is 0.288. The number of allylic oxidation sites excluding steroid dienone is 1. The molecule has 1 aromatic heterocycles. The highest BCUT2D eigenvalue weighted by Crippen LogP contribution is 2.34. The molecule has 0 amide bonds. The van der Waals surface area contributed by atoms with Crippen molar-refractivity contribution in [2.75, 3.05) is 0 Å². The molecule has 136 valence electrons. The van der Waals surface area contributed by atoms with Gasteiger partial charge in [-0.3, -0.25) is 9.78 Å². The van der Waals surface area contributed by atoms with E-state index in [4.69, 9.17) is 11.6 Å². The van der Waals surface area contributed by atoms with E-state index in [0.29, 0.717) is 16.3 Å². The zero-order valence-corrected chi connectivity index (χ0v) is 16.1. The van der Waals surface area contributed by atoms with Crippen molar-refractivity contribution in [1.29, 1.82) is 0 Å². The summed E-state index contributed by atoms with van der Waals surface area (Å²) in [5.74, 6) is -0.0652. The number of benzene rings is 3. The number of carbonyl (C=O) groups excluding carboxylic acids is 1. The monoisotopic (exact) mass is 383 g/mol. The number of ketones is 1. The van der Waals surface area contributed by atoms with E-state index in [1.165, 1.54) is 0 Å². The molecule has 28 heavy (non-hydrogen) atoms. The highest BCUT2D eigenvalue weighted by atomic mass is 35.5. The van der Waals surface area contributed by atoms with Gasteiger partial charge in [0.15, 0.2) is 5.78 Å². The Morgan fingerprint density at radius 2 is 1.57 bits per heavy atom. The lowest BCUT2D eigenvalue weighted by atomic mass is 9.92. The number of hydrogen-bond acceptors (Lipinski definition) is 2. The first-order chi connectivity index (χ1) is 13.6. The van der Waals surface area contributed by atoms with Gasteiger partial charge in [-0.1, -0.05) is 78.3 Å². The summed E-state index contributed by atoms with van der Waals surface area (Å²) >= 11 is 6.08. The first-order valence-electron chi connectivity index (χ1n) is 9.06. The van der Waals surface area contributed by atoms with Crippen molar-refractivity contribution in [1.82, 2.24) is 4.98 Å². The van der Waals surface area contributed by atoms with Gasteiger partial charge in [-0.2, -0.15) is 0 Å². The number of aromatic nitrogens is 1. The molecule has 0 spiro atoms. The molecule has 3 aromatic carbocycles. The number of rotatable bonds is 4. The maximum Gasteiger partial charge on any atom is 0.188 e. The predicted molar refractivity (Wildman–Crippen MR) is 117 cm³/mol. The molecule has 0 bridgehead atoms. The summed E-state index contributed by atoms with van der Waals surface area (Å²) in [6.45, 7) is 1.88. The maximum absolute atomic E-state index is 13.2. The predicted octanol–water partition coefficient (Wildman–Crippen LogP) is 6.76. The Morgan fingerprint density at radius 3 is 2.32 bits per heavy atom. The minimum absolute atomic E-state index is 0.0652. The molecule has 0 saturated carbocycles. The van der Waals surface area contributed by atoms with Gasteiger partial charge in [-0.25, -0.2) is 0 Å². The number of halogens is 1. The highest BCUT2D eigenvalue weighted by Gasteiger charge is 2.18. The van der Waals surface area contributed by atoms with Crippen LogP contribution in [0.5, 0.6) is 0 Å². The lowest BCUT2D eigenvalue weighted by Crippen LogP contribution is -2.05. The van der Waals surface area contributed by atoms with Crippen LogP contribution >= 0.6 is 11.6 Å². The maximum atomic E-state index is 13.2. The molecular formula is C25H18ClNO. The van der Waals surface area contributed by atoms with Crippen molar-refractivity contribution >= 4 is 34.4 Å². The van der Waals surface area contributed by atoms with Gasteiger partial charge >= 0.3 is 0 Å². The minimum Gasteiger partial charge on any atom is -0.289 e. The van der Waals surface area contributed by atoms with Crippen LogP contribution in [0.4, 0.5) is 0 Å². The topological polar surface area (TPSA) is 30.0 Å². The van der Waals surface area contributed by atoms with Crippen LogP contribution < -0.4 is 0 Å². The Morgan fingerprint density at radius 1 is 0.893 bits per heavy atom. The van der Waals surface area contributed by atoms with Crippen LogP contribution in [0.2, 0.25) is 5.02 Å². The number of para-hydroxylation sites is 1. The summed E-state index contributed by atoms with van der Waals surface area (Å²) in [5.41, 5.74) is 5.02. The molecule has 4 rings (SSSR count). The lowest BCUT2D eigenvalue weighted by Gasteiger charge is -2.14. The lowest BCUT2D eigenvalue weighted by molar-refractivity contribution is 0.104. The second-order valence-electron chi connectivity index (χ2n) is 6.58. The fraction of sp³-hybridized carbons (Fsp3) is 0.0400. The Bertz CT molecular complexity index is 1180. The summed E-state index contributed by atoms with van der Waals surface area (Å²) in [6.07, 6.45) is 3.45. The molecule has 0 atom stereocenters. The van der Waals surface area contributed by atoms with Gasteiger partial charge in [0.2, 0.25) is 0 Å². The van der Waals surface area contributed by atoms with Gasteiger partial charge < -0.3 is 0 Å². The molecule has 0 unspecified atom stereocenters. The van der Waals surface area contributed by atoms with Crippen molar-refractivity contribution < 1.29 is 4.79 Å². The van der Waals surface area contributed by atoms with E-state index in [9.17, 15) is 4.79 Å². The zero-order valence-electron chi connectivity index (χ0n) is 15.4. The fourth-order valence-corrected chi connectivity index (χ4v) is 3.50. The Hall–Kier alpha value is -3.23. The molecule has 0 fully saturated rings. The molecule has 0 aliphatic heterocycles. The molecule has 0 saturated heterocycles. The van der Waals surface area contributed by atoms with Gasteiger partial charge in [-0.15, -0.1) is 0 Å². The van der Waals surface area contributed by atoms with Crippen LogP contribution in [0.15, 0.2) is 84.9 Å². The first-order valence-corrected chi connectivity index (χ1v) is 9.44. The summed E-state index contributed by atoms with van der Waals surface area (Å²) < 4.78 is 0. The average Bonchev–Trinajstić information content (AvgIpc) is 2.72. The fourth-order valence-electron chi connectivity index (χ4n) is 3.37. The molecule has 1 heterocycles. The number of aryl methyl sites for hydroxylation is 1. The van der Waals surface area contributed by atoms with E-state index in [2.05, 4.69) is 4.98 Å². The van der Waals surface area contributed by atoms with Crippen LogP contribution in [-0.4, -0.2) is 10.8 Å². The van der Waals surface area contributed by atoms with E-state index in [1.807, 2.05) is 91.9 Å². The van der Waals surface area contributed by atoms with Crippen molar-refractivity contribution in [3.63, 3.8) is 0 Å². The summed E-state index contributed by atoms with van der Waals surface area (Å²) in [4.78, 5) is 17.9. The highest BCUT2D eigenvalue weighted by molar-refractivity contribution is 6.30. The van der Waals surface area contributed by atoms with Crippen molar-refractivity contribution in [3.8, 4) is 11.1 Å². The van der Waals surface area contributed by atoms with Gasteiger partial charge in [0.1, 0.15) is 0 Å². The van der Waals surface area contributed by atoms with Crippen LogP contribution in [-0.2, 0) is 0 Å². The zero-order chi connectivity index (χ0) is 19.5. The van der Waals surface area contributed by atoms with Gasteiger partial charge in [0.05, 0.1) is 11.1 Å². The second-order valence-corrected chi connectivity index (χ2v) is 7.02. The van der Waals surface area contributed by atoms with Gasteiger partial charge in [0.25, 0.3) is 0 Å². The number of hydrogen-bond donors (Lipinski definition) is 0. The molecule has 0 aliphatic rings. The standard InChI is InChI=1S/C25H18ClNO/c1-17-24(23(28)16-11-18-7-3-2-4-8-18)25(19-12-14-20(26)15-13-19)21-9-5-6-10-22(21)27-17/h2-16H,1H3. The average molecular weight is 384 g/mol. The second kappa shape index (κ2) is 7.79. The van der Waals surface area contributed by atoms with E-state index in [-0.39, 0.29) is 5.78 Å². The normalized spacial score (nSPS) is 11.2. The molecule has 0 N–H and O–H groups in total. The number of pyridine rings is 1. The number of fused-ring (bicyclic) bond motifs is 1. The van der Waals surface area contributed by atoms with E-state index >= 15 is 0 Å². The summed E-state index contributed by atoms with van der Waals surface area (Å²) in [5, 5.41) is 1.61. The van der Waals surface area contributed by atoms with Crippen molar-refractivity contribution in [2.24, 2.45) is 0 Å². The SMILES string of the molecule is Cc1nc2ccccc2c(-c2ccc(Cl)cc2)c1C(=O)C=Cc1ccccc1. The van der Waals surface area contributed by atoms with E-state index < -0.39 is 0 Å². The van der Waals surface area contributed by atoms with Gasteiger partial charge in [0, 0.05) is 21.7 Å². The van der Waals surface area contributed by atoms with Crippen LogP contribution in [0, 0.1) is 6.92 Å². The summed E-state index contributed by atoms with van der Waals surface area (Å²) in [7, 11) is 0. The third-order valence-electron chi connectivity index (χ3n) is 4.68. The van der Waals surface area contributed by atoms with Gasteiger partial charge in [-0.05, 0) is 42.3 Å². The molecule has 0 aliphatic carbocycles.